The van der Waals surface area contributed by atoms with Crippen LogP contribution in [-0.2, 0) is 12.8 Å². The summed E-state index contributed by atoms with van der Waals surface area (Å²) < 4.78 is 0. The monoisotopic (exact) mass is 284 g/mol. The van der Waals surface area contributed by atoms with Crippen molar-refractivity contribution in [2.24, 2.45) is 0 Å². The van der Waals surface area contributed by atoms with Crippen LogP contribution < -0.4 is 0 Å². The molecule has 20 heavy (non-hydrogen) atoms. The molecular formula is C19H24S. The van der Waals surface area contributed by atoms with Gasteiger partial charge >= 0.3 is 0 Å². The third kappa shape index (κ3) is 4.42. The van der Waals surface area contributed by atoms with Crippen LogP contribution in [0.5, 0.6) is 0 Å². The zero-order valence-corrected chi connectivity index (χ0v) is 13.5. The number of hydrogen-bond acceptors (Lipinski definition) is 1. The second-order valence-electron chi connectivity index (χ2n) is 5.33. The zero-order chi connectivity index (χ0) is 14.4. The molecule has 0 aliphatic rings. The third-order valence-electron chi connectivity index (χ3n) is 3.66. The lowest BCUT2D eigenvalue weighted by molar-refractivity contribution is 0.951. The Hall–Kier alpha value is -1.21. The van der Waals surface area contributed by atoms with E-state index >= 15 is 0 Å². The standard InChI is InChI=1S/C19H24S/c1-4-20-16(3)19-7-5-6-18(14-19)13-12-17-10-8-15(2)9-11-17/h5-11,14,16H,4,12-13H2,1-3H3. The Morgan fingerprint density at radius 2 is 1.65 bits per heavy atom. The molecule has 0 N–H and O–H groups in total. The van der Waals surface area contributed by atoms with Crippen molar-refractivity contribution >= 4 is 11.8 Å². The van der Waals surface area contributed by atoms with Crippen LogP contribution >= 0.6 is 11.8 Å². The van der Waals surface area contributed by atoms with Crippen LogP contribution in [0.2, 0.25) is 0 Å². The van der Waals surface area contributed by atoms with Crippen molar-refractivity contribution in [2.75, 3.05) is 5.75 Å². The maximum Gasteiger partial charge on any atom is 0.0269 e. The summed E-state index contributed by atoms with van der Waals surface area (Å²) in [5.41, 5.74) is 5.67. The second kappa shape index (κ2) is 7.54. The highest BCUT2D eigenvalue weighted by molar-refractivity contribution is 7.99. The van der Waals surface area contributed by atoms with Gasteiger partial charge in [-0.25, -0.2) is 0 Å². The summed E-state index contributed by atoms with van der Waals surface area (Å²) in [5, 5.41) is 0.597. The average molecular weight is 284 g/mol. The molecule has 0 fully saturated rings. The SMILES string of the molecule is CCSC(C)c1cccc(CCc2ccc(C)cc2)c1. The van der Waals surface area contributed by atoms with Crippen molar-refractivity contribution < 1.29 is 0 Å². The van der Waals surface area contributed by atoms with Crippen LogP contribution in [0.3, 0.4) is 0 Å². The molecular weight excluding hydrogens is 260 g/mol. The molecule has 0 spiro atoms. The molecule has 1 unspecified atom stereocenters. The van der Waals surface area contributed by atoms with E-state index < -0.39 is 0 Å². The second-order valence-corrected chi connectivity index (χ2v) is 6.95. The first kappa shape index (κ1) is 15.2. The Bertz CT molecular complexity index is 528. The number of thioether (sulfide) groups is 1. The van der Waals surface area contributed by atoms with E-state index in [-0.39, 0.29) is 0 Å². The summed E-state index contributed by atoms with van der Waals surface area (Å²) in [4.78, 5) is 0. The molecule has 0 aliphatic carbocycles. The molecule has 1 heteroatoms. The predicted molar refractivity (Wildman–Crippen MR) is 91.6 cm³/mol. The first-order chi connectivity index (χ1) is 9.69. The fraction of sp³-hybridized carbons (Fsp3) is 0.368. The molecule has 0 aromatic heterocycles. The summed E-state index contributed by atoms with van der Waals surface area (Å²) in [6.07, 6.45) is 2.25. The minimum atomic E-state index is 0.597. The van der Waals surface area contributed by atoms with Crippen LogP contribution in [-0.4, -0.2) is 5.75 Å². The Balaban J connectivity index is 1.99. The zero-order valence-electron chi connectivity index (χ0n) is 12.7. The van der Waals surface area contributed by atoms with Crippen molar-refractivity contribution in [3.05, 3.63) is 70.8 Å². The largest absolute Gasteiger partial charge is 0.154 e. The lowest BCUT2D eigenvalue weighted by Crippen LogP contribution is -1.95. The Morgan fingerprint density at radius 3 is 2.35 bits per heavy atom. The quantitative estimate of drug-likeness (QED) is 0.666. The molecule has 0 amide bonds. The summed E-state index contributed by atoms with van der Waals surface area (Å²) in [6.45, 7) is 6.66. The van der Waals surface area contributed by atoms with Crippen molar-refractivity contribution in [2.45, 2.75) is 38.9 Å². The maximum atomic E-state index is 2.38. The molecule has 0 radical (unpaired) electrons. The van der Waals surface area contributed by atoms with Gasteiger partial charge in [-0.1, -0.05) is 61.0 Å². The van der Waals surface area contributed by atoms with Gasteiger partial charge in [0.05, 0.1) is 0 Å². The molecule has 0 heterocycles. The van der Waals surface area contributed by atoms with E-state index in [1.165, 1.54) is 28.0 Å². The molecule has 0 bridgehead atoms. The van der Waals surface area contributed by atoms with E-state index in [0.29, 0.717) is 5.25 Å². The molecule has 0 saturated heterocycles. The van der Waals surface area contributed by atoms with Crippen LogP contribution in [0.1, 0.15) is 41.4 Å². The third-order valence-corrected chi connectivity index (χ3v) is 4.77. The summed E-state index contributed by atoms with van der Waals surface area (Å²) >= 11 is 2.01. The fourth-order valence-electron chi connectivity index (χ4n) is 2.39. The van der Waals surface area contributed by atoms with Gasteiger partial charge in [-0.3, -0.25) is 0 Å². The van der Waals surface area contributed by atoms with Gasteiger partial charge in [0.25, 0.3) is 0 Å². The minimum Gasteiger partial charge on any atom is -0.154 e. The molecule has 106 valence electrons. The van der Waals surface area contributed by atoms with Crippen molar-refractivity contribution in [3.8, 4) is 0 Å². The van der Waals surface area contributed by atoms with E-state index in [9.17, 15) is 0 Å². The molecule has 0 aliphatic heterocycles. The van der Waals surface area contributed by atoms with E-state index in [4.69, 9.17) is 0 Å². The Kier molecular flexibility index (Phi) is 5.72. The van der Waals surface area contributed by atoms with Gasteiger partial charge < -0.3 is 0 Å². The van der Waals surface area contributed by atoms with Crippen molar-refractivity contribution in [1.82, 2.24) is 0 Å². The smallest absolute Gasteiger partial charge is 0.0269 e. The van der Waals surface area contributed by atoms with Crippen LogP contribution in [0.15, 0.2) is 48.5 Å². The van der Waals surface area contributed by atoms with Crippen molar-refractivity contribution in [1.29, 1.82) is 0 Å². The Morgan fingerprint density at radius 1 is 0.950 bits per heavy atom. The summed E-state index contributed by atoms with van der Waals surface area (Å²) in [7, 11) is 0. The number of aryl methyl sites for hydroxylation is 3. The van der Waals surface area contributed by atoms with Gasteiger partial charge in [0.1, 0.15) is 0 Å². The van der Waals surface area contributed by atoms with E-state index in [1.54, 1.807) is 0 Å². The first-order valence-electron chi connectivity index (χ1n) is 7.45. The van der Waals surface area contributed by atoms with Gasteiger partial charge in [-0.05, 0) is 49.1 Å². The molecule has 1 atom stereocenters. The van der Waals surface area contributed by atoms with Crippen LogP contribution in [0.25, 0.3) is 0 Å². The topological polar surface area (TPSA) is 0 Å². The van der Waals surface area contributed by atoms with Crippen molar-refractivity contribution in [3.63, 3.8) is 0 Å². The lowest BCUT2D eigenvalue weighted by atomic mass is 10.0. The summed E-state index contributed by atoms with van der Waals surface area (Å²) in [5.74, 6) is 1.18. The normalized spacial score (nSPS) is 12.3. The Labute approximate surface area is 127 Å². The maximum absolute atomic E-state index is 2.38. The van der Waals surface area contributed by atoms with Gasteiger partial charge in [0.2, 0.25) is 0 Å². The number of hydrogen-bond donors (Lipinski definition) is 0. The lowest BCUT2D eigenvalue weighted by Gasteiger charge is -2.12. The van der Waals surface area contributed by atoms with Gasteiger partial charge in [-0.2, -0.15) is 11.8 Å². The molecule has 0 nitrogen and oxygen atoms in total. The minimum absolute atomic E-state index is 0.597. The van der Waals surface area contributed by atoms with E-state index in [0.717, 1.165) is 12.8 Å². The average Bonchev–Trinajstić information content (AvgIpc) is 2.47. The number of rotatable bonds is 6. The fourth-order valence-corrected chi connectivity index (χ4v) is 3.23. The number of benzene rings is 2. The highest BCUT2D eigenvalue weighted by atomic mass is 32.2. The highest BCUT2D eigenvalue weighted by Crippen LogP contribution is 2.28. The van der Waals surface area contributed by atoms with E-state index in [1.807, 2.05) is 11.8 Å². The molecule has 2 aromatic rings. The predicted octanol–water partition coefficient (Wildman–Crippen LogP) is 5.59. The molecule has 0 saturated carbocycles. The highest BCUT2D eigenvalue weighted by Gasteiger charge is 2.05. The van der Waals surface area contributed by atoms with Gasteiger partial charge in [0, 0.05) is 5.25 Å². The van der Waals surface area contributed by atoms with E-state index in [2.05, 4.69) is 69.3 Å². The van der Waals surface area contributed by atoms with Crippen LogP contribution in [0.4, 0.5) is 0 Å². The molecule has 2 aromatic carbocycles. The van der Waals surface area contributed by atoms with Gasteiger partial charge in [-0.15, -0.1) is 0 Å². The summed E-state index contributed by atoms with van der Waals surface area (Å²) in [6, 6.07) is 18.0. The van der Waals surface area contributed by atoms with Gasteiger partial charge in [0.15, 0.2) is 0 Å². The molecule has 2 rings (SSSR count). The van der Waals surface area contributed by atoms with Crippen LogP contribution in [0, 0.1) is 6.92 Å². The first-order valence-corrected chi connectivity index (χ1v) is 8.50.